The molecule has 6 nitrogen and oxygen atoms in total. The molecule has 28 heavy (non-hydrogen) atoms. The van der Waals surface area contributed by atoms with Crippen LogP contribution in [0.25, 0.3) is 0 Å². The van der Waals surface area contributed by atoms with Gasteiger partial charge in [-0.15, -0.1) is 11.3 Å². The highest BCUT2D eigenvalue weighted by molar-refractivity contribution is 7.89. The summed E-state index contributed by atoms with van der Waals surface area (Å²) in [6, 6.07) is 4.01. The SMILES string of the molecule is Cc1csc(CCCCNC(=O)c2cc(S(=O)(=O)N(C)C(C)C)ccc2Cl)n1. The van der Waals surface area contributed by atoms with Crippen LogP contribution in [0.2, 0.25) is 5.02 Å². The van der Waals surface area contributed by atoms with Crippen LogP contribution in [-0.2, 0) is 16.4 Å². The topological polar surface area (TPSA) is 79.4 Å². The second kappa shape index (κ2) is 9.82. The van der Waals surface area contributed by atoms with Crippen molar-refractivity contribution in [3.8, 4) is 0 Å². The van der Waals surface area contributed by atoms with Crippen LogP contribution in [-0.4, -0.2) is 43.2 Å². The number of halogens is 1. The molecule has 0 aliphatic rings. The molecule has 9 heteroatoms. The molecule has 154 valence electrons. The number of carbonyl (C=O) groups excluding carboxylic acids is 1. The Morgan fingerprint density at radius 3 is 2.64 bits per heavy atom. The number of nitrogens with zero attached hydrogens (tertiary/aromatic N) is 2. The van der Waals surface area contributed by atoms with Gasteiger partial charge in [0.25, 0.3) is 5.91 Å². The van der Waals surface area contributed by atoms with E-state index in [0.717, 1.165) is 30.0 Å². The standard InChI is InChI=1S/C19H26ClN3O3S2/c1-13(2)23(4)28(25,26)15-8-9-17(20)16(11-15)19(24)21-10-6-5-7-18-22-14(3)12-27-18/h8-9,11-13H,5-7,10H2,1-4H3,(H,21,24). The summed E-state index contributed by atoms with van der Waals surface area (Å²) in [6.07, 6.45) is 2.59. The number of sulfonamides is 1. The lowest BCUT2D eigenvalue weighted by Crippen LogP contribution is -2.33. The number of aryl methyl sites for hydroxylation is 2. The minimum absolute atomic E-state index is 0.0531. The summed E-state index contributed by atoms with van der Waals surface area (Å²) in [5.41, 5.74) is 1.19. The zero-order chi connectivity index (χ0) is 20.9. The first kappa shape index (κ1) is 22.8. The predicted molar refractivity (Wildman–Crippen MR) is 114 cm³/mol. The Morgan fingerprint density at radius 1 is 1.32 bits per heavy atom. The Bertz CT molecular complexity index is 926. The zero-order valence-corrected chi connectivity index (χ0v) is 18.9. The molecule has 0 spiro atoms. The Morgan fingerprint density at radius 2 is 2.04 bits per heavy atom. The second-order valence-corrected chi connectivity index (χ2v) is 10.2. The fraction of sp³-hybridized carbons (Fsp3) is 0.474. The van der Waals surface area contributed by atoms with Gasteiger partial charge in [0.15, 0.2) is 0 Å². The maximum atomic E-state index is 12.6. The van der Waals surface area contributed by atoms with Gasteiger partial charge in [-0.3, -0.25) is 4.79 Å². The number of benzene rings is 1. The molecule has 0 saturated heterocycles. The molecular formula is C19H26ClN3O3S2. The number of amides is 1. The lowest BCUT2D eigenvalue weighted by molar-refractivity contribution is 0.0953. The van der Waals surface area contributed by atoms with Crippen molar-refractivity contribution in [3.63, 3.8) is 0 Å². The van der Waals surface area contributed by atoms with E-state index < -0.39 is 10.0 Å². The van der Waals surface area contributed by atoms with Crippen molar-refractivity contribution in [1.82, 2.24) is 14.6 Å². The third-order valence-corrected chi connectivity index (χ3v) is 7.74. The molecule has 1 aromatic carbocycles. The van der Waals surface area contributed by atoms with Crippen LogP contribution in [0.4, 0.5) is 0 Å². The Hall–Kier alpha value is -1.48. The van der Waals surface area contributed by atoms with Crippen molar-refractivity contribution in [3.05, 3.63) is 44.9 Å². The van der Waals surface area contributed by atoms with Crippen LogP contribution in [0, 0.1) is 6.92 Å². The van der Waals surface area contributed by atoms with Gasteiger partial charge in [-0.1, -0.05) is 11.6 Å². The third-order valence-electron chi connectivity index (χ3n) is 4.36. The minimum Gasteiger partial charge on any atom is -0.352 e. The molecule has 1 heterocycles. The first-order valence-corrected chi connectivity index (χ1v) is 11.8. The van der Waals surface area contributed by atoms with Gasteiger partial charge >= 0.3 is 0 Å². The maximum Gasteiger partial charge on any atom is 0.252 e. The molecule has 0 fully saturated rings. The fourth-order valence-electron chi connectivity index (χ4n) is 2.50. The number of carbonyl (C=O) groups is 1. The number of hydrogen-bond acceptors (Lipinski definition) is 5. The van der Waals surface area contributed by atoms with Crippen LogP contribution in [0.5, 0.6) is 0 Å². The highest BCUT2D eigenvalue weighted by Crippen LogP contribution is 2.23. The average molecular weight is 444 g/mol. The van der Waals surface area contributed by atoms with Gasteiger partial charge in [0.2, 0.25) is 10.0 Å². The molecule has 0 atom stereocenters. The van der Waals surface area contributed by atoms with Gasteiger partial charge in [0, 0.05) is 30.7 Å². The van der Waals surface area contributed by atoms with Crippen LogP contribution >= 0.6 is 22.9 Å². The van der Waals surface area contributed by atoms with E-state index in [2.05, 4.69) is 10.3 Å². The van der Waals surface area contributed by atoms with Crippen molar-refractivity contribution in [2.45, 2.75) is 51.0 Å². The molecule has 1 amide bonds. The summed E-state index contributed by atoms with van der Waals surface area (Å²) < 4.78 is 26.5. The summed E-state index contributed by atoms with van der Waals surface area (Å²) in [7, 11) is -2.17. The van der Waals surface area contributed by atoms with Crippen molar-refractivity contribution >= 4 is 38.9 Å². The summed E-state index contributed by atoms with van der Waals surface area (Å²) in [6.45, 7) is 6.03. The molecule has 2 aromatic rings. The van der Waals surface area contributed by atoms with E-state index in [9.17, 15) is 13.2 Å². The number of hydrogen-bond donors (Lipinski definition) is 1. The average Bonchev–Trinajstić information content (AvgIpc) is 3.05. The molecule has 1 aromatic heterocycles. The van der Waals surface area contributed by atoms with E-state index in [4.69, 9.17) is 11.6 Å². The van der Waals surface area contributed by atoms with Gasteiger partial charge in [0.1, 0.15) is 0 Å². The van der Waals surface area contributed by atoms with Gasteiger partial charge in [0.05, 0.1) is 20.5 Å². The molecule has 0 unspecified atom stereocenters. The van der Waals surface area contributed by atoms with E-state index in [-0.39, 0.29) is 27.4 Å². The molecule has 0 radical (unpaired) electrons. The fourth-order valence-corrected chi connectivity index (χ4v) is 4.91. The number of thiazole rings is 1. The molecule has 0 saturated carbocycles. The van der Waals surface area contributed by atoms with Gasteiger partial charge in [-0.2, -0.15) is 4.31 Å². The van der Waals surface area contributed by atoms with Crippen LogP contribution in [0.15, 0.2) is 28.5 Å². The van der Waals surface area contributed by atoms with Crippen molar-refractivity contribution in [1.29, 1.82) is 0 Å². The van der Waals surface area contributed by atoms with Crippen LogP contribution in [0.3, 0.4) is 0 Å². The van der Waals surface area contributed by atoms with Crippen LogP contribution < -0.4 is 5.32 Å². The maximum absolute atomic E-state index is 12.6. The first-order valence-electron chi connectivity index (χ1n) is 9.09. The normalized spacial score (nSPS) is 12.0. The highest BCUT2D eigenvalue weighted by atomic mass is 35.5. The largest absolute Gasteiger partial charge is 0.352 e. The van der Waals surface area contributed by atoms with E-state index in [1.807, 2.05) is 12.3 Å². The first-order chi connectivity index (χ1) is 13.1. The molecule has 1 N–H and O–H groups in total. The lowest BCUT2D eigenvalue weighted by atomic mass is 10.2. The monoisotopic (exact) mass is 443 g/mol. The summed E-state index contributed by atoms with van der Waals surface area (Å²) >= 11 is 7.77. The molecule has 0 bridgehead atoms. The summed E-state index contributed by atoms with van der Waals surface area (Å²) in [4.78, 5) is 16.9. The van der Waals surface area contributed by atoms with E-state index >= 15 is 0 Å². The van der Waals surface area contributed by atoms with E-state index in [0.29, 0.717) is 6.54 Å². The highest BCUT2D eigenvalue weighted by Gasteiger charge is 2.25. The quantitative estimate of drug-likeness (QED) is 0.596. The zero-order valence-electron chi connectivity index (χ0n) is 16.5. The molecule has 2 rings (SSSR count). The van der Waals surface area contributed by atoms with E-state index in [1.165, 1.54) is 29.6 Å². The molecule has 0 aliphatic heterocycles. The summed E-state index contributed by atoms with van der Waals surface area (Å²) in [5.74, 6) is -0.376. The number of unbranched alkanes of at least 4 members (excludes halogenated alkanes) is 1. The summed E-state index contributed by atoms with van der Waals surface area (Å²) in [5, 5.41) is 6.16. The number of nitrogens with one attached hydrogen (secondary N) is 1. The smallest absolute Gasteiger partial charge is 0.252 e. The van der Waals surface area contributed by atoms with Crippen molar-refractivity contribution < 1.29 is 13.2 Å². The number of rotatable bonds is 9. The van der Waals surface area contributed by atoms with Crippen LogP contribution in [0.1, 0.15) is 47.7 Å². The van der Waals surface area contributed by atoms with Crippen molar-refractivity contribution in [2.75, 3.05) is 13.6 Å². The Kier molecular flexibility index (Phi) is 8.00. The second-order valence-electron chi connectivity index (χ2n) is 6.85. The Labute approximate surface area is 176 Å². The molecule has 0 aliphatic carbocycles. The van der Waals surface area contributed by atoms with Gasteiger partial charge in [-0.05, 0) is 58.2 Å². The third kappa shape index (κ3) is 5.76. The number of aromatic nitrogens is 1. The van der Waals surface area contributed by atoms with Gasteiger partial charge < -0.3 is 5.32 Å². The minimum atomic E-state index is -3.68. The Balaban J connectivity index is 1.97. The lowest BCUT2D eigenvalue weighted by Gasteiger charge is -2.21. The molecular weight excluding hydrogens is 418 g/mol. The van der Waals surface area contributed by atoms with E-state index in [1.54, 1.807) is 25.2 Å². The predicted octanol–water partition coefficient (Wildman–Crippen LogP) is 3.89. The van der Waals surface area contributed by atoms with Gasteiger partial charge in [-0.25, -0.2) is 13.4 Å². The van der Waals surface area contributed by atoms with Crippen molar-refractivity contribution in [2.24, 2.45) is 0 Å².